The number of hydrogen-bond donors (Lipinski definition) is 0. The van der Waals surface area contributed by atoms with E-state index < -0.39 is 5.82 Å². The number of nitrogens with zero attached hydrogens (tertiary/aromatic N) is 3. The average Bonchev–Trinajstić information content (AvgIpc) is 3.62. The first kappa shape index (κ1) is 25.1. The van der Waals surface area contributed by atoms with E-state index in [1.54, 1.807) is 30.5 Å². The van der Waals surface area contributed by atoms with Gasteiger partial charge in [0.15, 0.2) is 0 Å². The fourth-order valence-electron chi connectivity index (χ4n) is 4.70. The first-order valence-corrected chi connectivity index (χ1v) is 12.7. The van der Waals surface area contributed by atoms with E-state index in [-0.39, 0.29) is 18.0 Å². The Hall–Kier alpha value is -5.22. The highest BCUT2D eigenvalue weighted by Crippen LogP contribution is 2.28. The van der Waals surface area contributed by atoms with Gasteiger partial charge in [0.25, 0.3) is 0 Å². The molecule has 196 valence electrons. The van der Waals surface area contributed by atoms with Crippen molar-refractivity contribution in [2.24, 2.45) is 0 Å². The minimum Gasteiger partial charge on any atom is -0.489 e. The molecule has 4 aromatic carbocycles. The van der Waals surface area contributed by atoms with Crippen molar-refractivity contribution in [1.29, 1.82) is 5.26 Å². The summed E-state index contributed by atoms with van der Waals surface area (Å²) in [6.45, 7) is 0.509. The monoisotopic (exact) mass is 531 g/mol. The number of para-hydroxylation sites is 2. The second-order valence-corrected chi connectivity index (χ2v) is 9.40. The first-order valence-electron chi connectivity index (χ1n) is 12.7. The summed E-state index contributed by atoms with van der Waals surface area (Å²) in [6, 6.07) is 30.2. The molecule has 0 aliphatic rings. The molecule has 6 aromatic rings. The van der Waals surface area contributed by atoms with Crippen LogP contribution < -0.4 is 4.74 Å². The van der Waals surface area contributed by atoms with Crippen molar-refractivity contribution in [2.75, 3.05) is 0 Å². The van der Waals surface area contributed by atoms with Crippen LogP contribution in [0.4, 0.5) is 8.78 Å². The molecule has 0 N–H and O–H groups in total. The summed E-state index contributed by atoms with van der Waals surface area (Å²) in [6.07, 6.45) is 1.96. The van der Waals surface area contributed by atoms with E-state index in [1.165, 1.54) is 18.2 Å². The standard InChI is InChI=1S/C33H23F2N3O2/c34-29-15-22(19-36)10-11-26(29)21-40-27-6-3-5-23(16-27)24-12-13-25(30(35)17-24)18-33-37-31-8-1-2-9-32(31)38(33)20-28-7-4-14-39-28/h1-17H,18,20-21H2. The molecule has 40 heavy (non-hydrogen) atoms. The lowest BCUT2D eigenvalue weighted by atomic mass is 10.0. The highest BCUT2D eigenvalue weighted by molar-refractivity contribution is 5.76. The molecule has 0 aliphatic heterocycles. The van der Waals surface area contributed by atoms with Gasteiger partial charge in [-0.3, -0.25) is 0 Å². The Kier molecular flexibility index (Phi) is 6.82. The number of ether oxygens (including phenoxy) is 1. The van der Waals surface area contributed by atoms with Gasteiger partial charge in [-0.1, -0.05) is 42.5 Å². The van der Waals surface area contributed by atoms with Gasteiger partial charge in [0.2, 0.25) is 0 Å². The second-order valence-electron chi connectivity index (χ2n) is 9.40. The molecule has 0 amide bonds. The summed E-state index contributed by atoms with van der Waals surface area (Å²) >= 11 is 0. The van der Waals surface area contributed by atoms with Gasteiger partial charge in [-0.05, 0) is 71.3 Å². The zero-order valence-electron chi connectivity index (χ0n) is 21.4. The molecule has 0 saturated heterocycles. The van der Waals surface area contributed by atoms with Gasteiger partial charge >= 0.3 is 0 Å². The van der Waals surface area contributed by atoms with Gasteiger partial charge in [-0.25, -0.2) is 13.8 Å². The maximum Gasteiger partial charge on any atom is 0.131 e. The lowest BCUT2D eigenvalue weighted by Gasteiger charge is -2.11. The molecular formula is C33H23F2N3O2. The van der Waals surface area contributed by atoms with E-state index in [1.807, 2.05) is 60.7 Å². The number of nitriles is 1. The highest BCUT2D eigenvalue weighted by atomic mass is 19.1. The minimum absolute atomic E-state index is 0.00724. The maximum absolute atomic E-state index is 15.4. The van der Waals surface area contributed by atoms with Gasteiger partial charge in [0.1, 0.15) is 35.6 Å². The molecule has 5 nitrogen and oxygen atoms in total. The number of fused-ring (bicyclic) bond motifs is 1. The quantitative estimate of drug-likeness (QED) is 0.202. The molecule has 0 aliphatic carbocycles. The number of halogens is 2. The molecule has 2 aromatic heterocycles. The Morgan fingerprint density at radius 3 is 2.45 bits per heavy atom. The van der Waals surface area contributed by atoms with E-state index in [4.69, 9.17) is 19.4 Å². The van der Waals surface area contributed by atoms with Crippen LogP contribution in [0.3, 0.4) is 0 Å². The van der Waals surface area contributed by atoms with Crippen LogP contribution in [-0.4, -0.2) is 9.55 Å². The third-order valence-corrected chi connectivity index (χ3v) is 6.77. The number of imidazole rings is 1. The Labute approximate surface area is 229 Å². The number of aromatic nitrogens is 2. The first-order chi connectivity index (χ1) is 19.6. The highest BCUT2D eigenvalue weighted by Gasteiger charge is 2.15. The number of furan rings is 1. The molecule has 0 fully saturated rings. The molecule has 0 atom stereocenters. The van der Waals surface area contributed by atoms with Crippen LogP contribution in [0.15, 0.2) is 108 Å². The molecule has 0 spiro atoms. The zero-order chi connectivity index (χ0) is 27.5. The SMILES string of the molecule is N#Cc1ccc(COc2cccc(-c3ccc(Cc4nc5ccccc5n4Cc4ccco4)c(F)c3)c2)c(F)c1. The van der Waals surface area contributed by atoms with E-state index >= 15 is 4.39 Å². The van der Waals surface area contributed by atoms with Crippen LogP contribution >= 0.6 is 0 Å². The maximum atomic E-state index is 15.4. The predicted molar refractivity (Wildman–Crippen MR) is 148 cm³/mol. The van der Waals surface area contributed by atoms with Crippen LogP contribution in [0, 0.1) is 23.0 Å². The summed E-state index contributed by atoms with van der Waals surface area (Å²) in [7, 11) is 0. The lowest BCUT2D eigenvalue weighted by Crippen LogP contribution is -2.06. The largest absolute Gasteiger partial charge is 0.489 e. The van der Waals surface area contributed by atoms with Crippen LogP contribution in [0.25, 0.3) is 22.2 Å². The number of benzene rings is 4. The van der Waals surface area contributed by atoms with Gasteiger partial charge in [-0.15, -0.1) is 0 Å². The van der Waals surface area contributed by atoms with Crippen LogP contribution in [0.2, 0.25) is 0 Å². The number of rotatable bonds is 8. The molecule has 0 saturated carbocycles. The molecule has 6 rings (SSSR count). The predicted octanol–water partition coefficient (Wildman–Crippen LogP) is 7.66. The topological polar surface area (TPSA) is 64.0 Å². The fourth-order valence-corrected chi connectivity index (χ4v) is 4.70. The van der Waals surface area contributed by atoms with Crippen LogP contribution in [-0.2, 0) is 19.6 Å². The summed E-state index contributed by atoms with van der Waals surface area (Å²) < 4.78 is 43.0. The molecule has 0 unspecified atom stereocenters. The zero-order valence-corrected chi connectivity index (χ0v) is 21.4. The van der Waals surface area contributed by atoms with Gasteiger partial charge in [0.05, 0.1) is 35.5 Å². The summed E-state index contributed by atoms with van der Waals surface area (Å²) in [5.74, 6) is 1.24. The summed E-state index contributed by atoms with van der Waals surface area (Å²) in [5, 5.41) is 8.92. The Balaban J connectivity index is 1.22. The van der Waals surface area contributed by atoms with E-state index in [2.05, 4.69) is 4.57 Å². The summed E-state index contributed by atoms with van der Waals surface area (Å²) in [5.41, 5.74) is 4.40. The van der Waals surface area contributed by atoms with Crippen molar-refractivity contribution in [3.8, 4) is 22.9 Å². The van der Waals surface area contributed by atoms with Crippen LogP contribution in [0.1, 0.15) is 28.3 Å². The normalized spacial score (nSPS) is 11.0. The molecular weight excluding hydrogens is 508 g/mol. The smallest absolute Gasteiger partial charge is 0.131 e. The van der Waals surface area contributed by atoms with E-state index in [0.29, 0.717) is 35.4 Å². The van der Waals surface area contributed by atoms with Crippen molar-refractivity contribution in [3.05, 3.63) is 143 Å². The van der Waals surface area contributed by atoms with Crippen molar-refractivity contribution < 1.29 is 17.9 Å². The molecule has 7 heteroatoms. The van der Waals surface area contributed by atoms with Crippen molar-refractivity contribution >= 4 is 11.0 Å². The minimum atomic E-state index is -0.495. The summed E-state index contributed by atoms with van der Waals surface area (Å²) in [4.78, 5) is 4.78. The van der Waals surface area contributed by atoms with Crippen molar-refractivity contribution in [1.82, 2.24) is 9.55 Å². The lowest BCUT2D eigenvalue weighted by molar-refractivity contribution is 0.300. The van der Waals surface area contributed by atoms with Gasteiger partial charge in [0, 0.05) is 12.0 Å². The Morgan fingerprint density at radius 2 is 1.65 bits per heavy atom. The third kappa shape index (κ3) is 5.20. The van der Waals surface area contributed by atoms with Gasteiger partial charge in [-0.2, -0.15) is 5.26 Å². The van der Waals surface area contributed by atoms with E-state index in [0.717, 1.165) is 28.2 Å². The van der Waals surface area contributed by atoms with E-state index in [9.17, 15) is 4.39 Å². The van der Waals surface area contributed by atoms with Crippen molar-refractivity contribution in [3.63, 3.8) is 0 Å². The van der Waals surface area contributed by atoms with Crippen LogP contribution in [0.5, 0.6) is 5.75 Å². The van der Waals surface area contributed by atoms with Crippen molar-refractivity contribution in [2.45, 2.75) is 19.6 Å². The Morgan fingerprint density at radius 1 is 0.825 bits per heavy atom. The molecule has 2 heterocycles. The second kappa shape index (κ2) is 10.9. The third-order valence-electron chi connectivity index (χ3n) is 6.77. The average molecular weight is 532 g/mol. The number of hydrogen-bond acceptors (Lipinski definition) is 4. The van der Waals surface area contributed by atoms with Gasteiger partial charge < -0.3 is 13.7 Å². The Bertz CT molecular complexity index is 1850. The fraction of sp³-hybridized carbons (Fsp3) is 0.0909. The molecule has 0 radical (unpaired) electrons. The molecule has 0 bridgehead atoms.